The van der Waals surface area contributed by atoms with E-state index in [1.54, 1.807) is 29.6 Å². The lowest BCUT2D eigenvalue weighted by molar-refractivity contribution is 1.13. The Morgan fingerprint density at radius 1 is 0.878 bits per heavy atom. The number of aromatic nitrogens is 1. The second-order valence-corrected chi connectivity index (χ2v) is 10.8. The normalized spacial score (nSPS) is 12.1. The van der Waals surface area contributed by atoms with Gasteiger partial charge in [0, 0.05) is 48.7 Å². The van der Waals surface area contributed by atoms with Gasteiger partial charge in [0.1, 0.15) is 0 Å². The second-order valence-electron chi connectivity index (χ2n) is 9.72. The van der Waals surface area contributed by atoms with Gasteiger partial charge in [-0.2, -0.15) is 5.26 Å². The lowest BCUT2D eigenvalue weighted by Gasteiger charge is -2.08. The maximum Gasteiger partial charge on any atom is 0.0991 e. The van der Waals surface area contributed by atoms with E-state index in [2.05, 4.69) is 54.1 Å². The molecule has 0 saturated heterocycles. The first-order valence-corrected chi connectivity index (χ1v) is 13.9. The number of nitrogens with one attached hydrogen (secondary N) is 1. The van der Waals surface area contributed by atoms with Crippen LogP contribution in [-0.2, 0) is 0 Å². The highest BCUT2D eigenvalue weighted by Crippen LogP contribution is 2.36. The minimum atomic E-state index is 0.348. The molecule has 2 aromatic heterocycles. The van der Waals surface area contributed by atoms with E-state index in [0.717, 1.165) is 49.6 Å². The third-order valence-corrected chi connectivity index (χ3v) is 8.36. The van der Waals surface area contributed by atoms with Gasteiger partial charge in [0.2, 0.25) is 0 Å². The summed E-state index contributed by atoms with van der Waals surface area (Å²) in [5.41, 5.74) is 13.7. The Labute approximate surface area is 242 Å². The monoisotopic (exact) mass is 546 g/mol. The molecule has 6 aromatic rings. The molecule has 0 radical (unpaired) electrons. The van der Waals surface area contributed by atoms with E-state index < -0.39 is 0 Å². The summed E-state index contributed by atoms with van der Waals surface area (Å²) >= 11 is 1.74. The van der Waals surface area contributed by atoms with Crippen molar-refractivity contribution in [1.82, 2.24) is 4.57 Å². The third-order valence-electron chi connectivity index (χ3n) is 7.21. The quantitative estimate of drug-likeness (QED) is 0.155. The molecule has 0 amide bonds. The predicted octanol–water partition coefficient (Wildman–Crippen LogP) is 8.99. The summed E-state index contributed by atoms with van der Waals surface area (Å²) in [6.45, 7) is 7.67. The lowest BCUT2D eigenvalue weighted by Crippen LogP contribution is -2.03. The van der Waals surface area contributed by atoms with Crippen molar-refractivity contribution >= 4 is 59.4 Å². The van der Waals surface area contributed by atoms with Crippen LogP contribution in [0.5, 0.6) is 0 Å². The Hall–Kier alpha value is -5.44. The van der Waals surface area contributed by atoms with Gasteiger partial charge in [0.05, 0.1) is 22.9 Å². The average Bonchev–Trinajstić information content (AvgIpc) is 3.60. The van der Waals surface area contributed by atoms with Crippen molar-refractivity contribution in [3.63, 3.8) is 0 Å². The predicted molar refractivity (Wildman–Crippen MR) is 175 cm³/mol. The number of allylic oxidation sites excluding steroid dienone is 5. The summed E-state index contributed by atoms with van der Waals surface area (Å²) in [5, 5.41) is 21.4. The first-order valence-electron chi connectivity index (χ1n) is 13.1. The van der Waals surface area contributed by atoms with E-state index in [1.165, 1.54) is 9.40 Å². The van der Waals surface area contributed by atoms with Crippen LogP contribution in [0.2, 0.25) is 0 Å². The molecule has 41 heavy (non-hydrogen) atoms. The molecule has 196 valence electrons. The zero-order chi connectivity index (χ0) is 28.5. The Balaban J connectivity index is 1.36. The van der Waals surface area contributed by atoms with Gasteiger partial charge in [-0.25, -0.2) is 0 Å². The lowest BCUT2D eigenvalue weighted by atomic mass is 10.00. The maximum atomic E-state index is 9.25. The van der Waals surface area contributed by atoms with Gasteiger partial charge >= 0.3 is 0 Å². The Morgan fingerprint density at radius 2 is 1.66 bits per heavy atom. The molecule has 0 fully saturated rings. The van der Waals surface area contributed by atoms with E-state index in [4.69, 9.17) is 11.1 Å². The minimum absolute atomic E-state index is 0.348. The number of nitrogens with two attached hydrogens (primary N) is 1. The van der Waals surface area contributed by atoms with Crippen molar-refractivity contribution in [2.45, 2.75) is 0 Å². The molecule has 3 N–H and O–H groups in total. The fraction of sp³-hybridized carbons (Fsp3) is 0. The van der Waals surface area contributed by atoms with Crippen molar-refractivity contribution in [3.8, 4) is 11.8 Å². The molecule has 0 aliphatic heterocycles. The van der Waals surface area contributed by atoms with Crippen LogP contribution in [0.3, 0.4) is 0 Å². The van der Waals surface area contributed by atoms with Gasteiger partial charge in [0.25, 0.3) is 0 Å². The number of hydrogen-bond acceptors (Lipinski definition) is 4. The van der Waals surface area contributed by atoms with Crippen LogP contribution < -0.4 is 5.73 Å². The zero-order valence-corrected chi connectivity index (χ0v) is 23.1. The first kappa shape index (κ1) is 25.8. The largest absolute Gasteiger partial charge is 0.398 e. The number of nitrogens with zero attached hydrogens (tertiary/aromatic N) is 2. The van der Waals surface area contributed by atoms with E-state index in [-0.39, 0.29) is 0 Å². The Bertz CT molecular complexity index is 2130. The fourth-order valence-electron chi connectivity index (χ4n) is 5.13. The molecule has 4 aromatic carbocycles. The summed E-state index contributed by atoms with van der Waals surface area (Å²) in [7, 11) is 0. The number of hydrogen-bond donors (Lipinski definition) is 2. The molecular weight excluding hydrogens is 520 g/mol. The standard InChI is InChI=1S/C36H26N4S/c1-3-6-24(4-2)25-7-5-8-26(18-25)32(38)21-33(39)27-10-13-35-30(19-27)31-20-29(11-14-36(31)41-35)40-16-15-28-17-23(22-37)9-12-34(28)40/h3-21,39H,1-2,38H2/b24-6+,32-21-,39-33?. The minimum Gasteiger partial charge on any atom is -0.398 e. The van der Waals surface area contributed by atoms with Crippen molar-refractivity contribution in [2.24, 2.45) is 5.73 Å². The third kappa shape index (κ3) is 4.78. The van der Waals surface area contributed by atoms with Gasteiger partial charge in [-0.1, -0.05) is 55.7 Å². The molecule has 6 rings (SSSR count). The molecule has 0 spiro atoms. The molecule has 4 nitrogen and oxygen atoms in total. The van der Waals surface area contributed by atoms with Gasteiger partial charge in [0.15, 0.2) is 0 Å². The number of nitriles is 1. The summed E-state index contributed by atoms with van der Waals surface area (Å²) < 4.78 is 4.50. The Morgan fingerprint density at radius 3 is 2.44 bits per heavy atom. The molecule has 0 aliphatic carbocycles. The first-order chi connectivity index (χ1) is 20.0. The molecule has 0 atom stereocenters. The summed E-state index contributed by atoms with van der Waals surface area (Å²) in [4.78, 5) is 0. The molecule has 0 unspecified atom stereocenters. The van der Waals surface area contributed by atoms with Crippen LogP contribution in [0.25, 0.3) is 48.0 Å². The van der Waals surface area contributed by atoms with E-state index in [9.17, 15) is 5.26 Å². The topological polar surface area (TPSA) is 78.6 Å². The maximum absolute atomic E-state index is 9.25. The SMILES string of the molecule is C=C/C=C(\C=C)c1cccc(/C(N)=C/C(=N)c2ccc3sc4ccc(-n5ccc6cc(C#N)ccc65)cc4c3c2)c1. The van der Waals surface area contributed by atoms with Crippen LogP contribution >= 0.6 is 11.3 Å². The van der Waals surface area contributed by atoms with Crippen LogP contribution in [0.1, 0.15) is 22.3 Å². The number of thiophene rings is 1. The van der Waals surface area contributed by atoms with Gasteiger partial charge in [-0.15, -0.1) is 11.3 Å². The molecule has 0 bridgehead atoms. The Kier molecular flexibility index (Phi) is 6.68. The summed E-state index contributed by atoms with van der Waals surface area (Å²) in [5.74, 6) is 0. The van der Waals surface area contributed by atoms with Gasteiger partial charge in [-0.05, 0) is 83.4 Å². The van der Waals surface area contributed by atoms with Gasteiger partial charge in [-0.3, -0.25) is 0 Å². The number of benzene rings is 4. The van der Waals surface area contributed by atoms with E-state index in [1.807, 2.05) is 66.9 Å². The van der Waals surface area contributed by atoms with E-state index >= 15 is 0 Å². The second kappa shape index (κ2) is 10.6. The highest BCUT2D eigenvalue weighted by atomic mass is 32.1. The summed E-state index contributed by atoms with van der Waals surface area (Å²) in [6, 6.07) is 30.5. The van der Waals surface area contributed by atoms with E-state index in [0.29, 0.717) is 17.0 Å². The smallest absolute Gasteiger partial charge is 0.0991 e. The van der Waals surface area contributed by atoms with Crippen LogP contribution in [0, 0.1) is 16.7 Å². The fourth-order valence-corrected chi connectivity index (χ4v) is 6.20. The van der Waals surface area contributed by atoms with Crippen LogP contribution in [0.15, 0.2) is 129 Å². The zero-order valence-electron chi connectivity index (χ0n) is 22.3. The van der Waals surface area contributed by atoms with Crippen molar-refractivity contribution in [3.05, 3.63) is 151 Å². The molecule has 2 heterocycles. The number of rotatable bonds is 7. The van der Waals surface area contributed by atoms with Crippen molar-refractivity contribution in [1.29, 1.82) is 10.7 Å². The van der Waals surface area contributed by atoms with Crippen LogP contribution in [0.4, 0.5) is 0 Å². The molecular formula is C36H26N4S. The molecule has 0 aliphatic rings. The van der Waals surface area contributed by atoms with Crippen molar-refractivity contribution in [2.75, 3.05) is 0 Å². The summed E-state index contributed by atoms with van der Waals surface area (Å²) in [6.07, 6.45) is 9.18. The number of fused-ring (bicyclic) bond motifs is 4. The highest BCUT2D eigenvalue weighted by molar-refractivity contribution is 7.25. The van der Waals surface area contributed by atoms with Gasteiger partial charge < -0.3 is 15.7 Å². The average molecular weight is 547 g/mol. The molecule has 0 saturated carbocycles. The molecule has 5 heteroatoms. The van der Waals surface area contributed by atoms with Crippen molar-refractivity contribution < 1.29 is 0 Å². The highest BCUT2D eigenvalue weighted by Gasteiger charge is 2.11. The van der Waals surface area contributed by atoms with Crippen LogP contribution in [-0.4, -0.2) is 10.3 Å².